The molecule has 2 saturated heterocycles. The predicted molar refractivity (Wildman–Crippen MR) is 111 cm³/mol. The predicted octanol–water partition coefficient (Wildman–Crippen LogP) is 2.08. The third-order valence-electron chi connectivity index (χ3n) is 4.98. The van der Waals surface area contributed by atoms with Gasteiger partial charge in [0.1, 0.15) is 11.0 Å². The molecule has 3 heterocycles. The van der Waals surface area contributed by atoms with Crippen molar-refractivity contribution in [2.24, 2.45) is 0 Å². The number of nitrogens with zero attached hydrogens (tertiary/aromatic N) is 5. The minimum atomic E-state index is -0.0351. The van der Waals surface area contributed by atoms with Crippen molar-refractivity contribution in [2.45, 2.75) is 37.9 Å². The maximum absolute atomic E-state index is 12.2. The quantitative estimate of drug-likeness (QED) is 0.441. The average Bonchev–Trinajstić information content (AvgIpc) is 3.20. The van der Waals surface area contributed by atoms with Crippen molar-refractivity contribution >= 4 is 41.1 Å². The summed E-state index contributed by atoms with van der Waals surface area (Å²) in [6.07, 6.45) is 2.16. The van der Waals surface area contributed by atoms with E-state index in [1.165, 1.54) is 11.8 Å². The number of anilines is 1. The number of hydrogen-bond donors (Lipinski definition) is 1. The first-order valence-electron chi connectivity index (χ1n) is 9.72. The highest BCUT2D eigenvalue weighted by Gasteiger charge is 2.28. The van der Waals surface area contributed by atoms with Gasteiger partial charge >= 0.3 is 6.03 Å². The molecule has 0 unspecified atom stereocenters. The van der Waals surface area contributed by atoms with Gasteiger partial charge in [-0.2, -0.15) is 0 Å². The average molecular weight is 427 g/mol. The van der Waals surface area contributed by atoms with Gasteiger partial charge < -0.3 is 20.0 Å². The number of thioether (sulfide) groups is 1. The maximum Gasteiger partial charge on any atom is 0.317 e. The number of aromatic nitrogens is 2. The van der Waals surface area contributed by atoms with E-state index < -0.39 is 0 Å². The monoisotopic (exact) mass is 426 g/mol. The molecule has 3 rings (SSSR count). The van der Waals surface area contributed by atoms with Gasteiger partial charge in [-0.15, -0.1) is 0 Å². The molecule has 2 aliphatic rings. The Labute approximate surface area is 175 Å². The summed E-state index contributed by atoms with van der Waals surface area (Å²) in [7, 11) is 0. The molecule has 1 N–H and O–H groups in total. The van der Waals surface area contributed by atoms with Crippen LogP contribution in [0, 0.1) is 0 Å². The Kier molecular flexibility index (Phi) is 7.23. The third-order valence-corrected chi connectivity index (χ3v) is 6.01. The first kappa shape index (κ1) is 21.0. The second-order valence-corrected chi connectivity index (χ2v) is 8.36. The summed E-state index contributed by atoms with van der Waals surface area (Å²) in [5.41, 5.74) is 0. The summed E-state index contributed by atoms with van der Waals surface area (Å²) >= 11 is 7.53. The van der Waals surface area contributed by atoms with Gasteiger partial charge in [-0.3, -0.25) is 4.79 Å². The molecule has 1 atom stereocenters. The molecule has 28 heavy (non-hydrogen) atoms. The molecule has 0 bridgehead atoms. The van der Waals surface area contributed by atoms with Crippen molar-refractivity contribution in [1.29, 1.82) is 0 Å². The highest BCUT2D eigenvalue weighted by atomic mass is 35.5. The Balaban J connectivity index is 1.61. The van der Waals surface area contributed by atoms with E-state index in [0.29, 0.717) is 42.2 Å². The van der Waals surface area contributed by atoms with Crippen molar-refractivity contribution in [3.8, 4) is 0 Å². The fraction of sp³-hybridized carbons (Fsp3) is 0.667. The fourth-order valence-electron chi connectivity index (χ4n) is 3.52. The molecule has 10 heteroatoms. The number of rotatable bonds is 5. The van der Waals surface area contributed by atoms with E-state index in [9.17, 15) is 9.59 Å². The fourth-order valence-corrected chi connectivity index (χ4v) is 4.50. The summed E-state index contributed by atoms with van der Waals surface area (Å²) < 4.78 is 0. The molecule has 0 radical (unpaired) electrons. The minimum absolute atomic E-state index is 0.0351. The molecule has 1 aromatic rings. The van der Waals surface area contributed by atoms with Crippen LogP contribution in [-0.2, 0) is 4.79 Å². The van der Waals surface area contributed by atoms with E-state index in [1.54, 1.807) is 6.07 Å². The summed E-state index contributed by atoms with van der Waals surface area (Å²) in [4.78, 5) is 39.1. The zero-order valence-corrected chi connectivity index (χ0v) is 17.9. The first-order chi connectivity index (χ1) is 13.5. The van der Waals surface area contributed by atoms with Crippen molar-refractivity contribution < 1.29 is 9.59 Å². The van der Waals surface area contributed by atoms with Crippen LogP contribution in [0.15, 0.2) is 11.2 Å². The largest absolute Gasteiger partial charge is 0.353 e. The summed E-state index contributed by atoms with van der Waals surface area (Å²) in [6, 6.07) is 1.76. The Bertz CT molecular complexity index is 715. The highest BCUT2D eigenvalue weighted by molar-refractivity contribution is 7.99. The number of halogens is 1. The van der Waals surface area contributed by atoms with Crippen LogP contribution in [0.1, 0.15) is 26.7 Å². The van der Waals surface area contributed by atoms with E-state index in [2.05, 4.69) is 20.2 Å². The van der Waals surface area contributed by atoms with Gasteiger partial charge in [0, 0.05) is 51.4 Å². The van der Waals surface area contributed by atoms with Gasteiger partial charge in [0.25, 0.3) is 0 Å². The standard InChI is InChI=1S/C18H27ClN6O2S/c1-3-20-18(27)25-9-8-24(11-13(25)2)15-10-14(19)21-17(22-15)28-12-16(26)23-6-4-5-7-23/h10,13H,3-9,11-12H2,1-2H3,(H,20,27)/t13-/m1/s1. The number of carbonyl (C=O) groups excluding carboxylic acids is 2. The lowest BCUT2D eigenvalue weighted by Gasteiger charge is -2.40. The van der Waals surface area contributed by atoms with Crippen LogP contribution < -0.4 is 10.2 Å². The molecule has 0 aromatic carbocycles. The molecule has 0 aliphatic carbocycles. The zero-order valence-electron chi connectivity index (χ0n) is 16.4. The smallest absolute Gasteiger partial charge is 0.317 e. The summed E-state index contributed by atoms with van der Waals surface area (Å²) in [5, 5.41) is 3.72. The van der Waals surface area contributed by atoms with E-state index in [4.69, 9.17) is 11.6 Å². The van der Waals surface area contributed by atoms with Crippen LogP contribution in [-0.4, -0.2) is 82.8 Å². The SMILES string of the molecule is CCNC(=O)N1CCN(c2cc(Cl)nc(SCC(=O)N3CCCC3)n2)C[C@H]1C. The molecular weight excluding hydrogens is 400 g/mol. The molecule has 2 aliphatic heterocycles. The Hall–Kier alpha value is -1.74. The molecule has 0 spiro atoms. The second-order valence-electron chi connectivity index (χ2n) is 7.03. The minimum Gasteiger partial charge on any atom is -0.353 e. The number of piperazine rings is 1. The van der Waals surface area contributed by atoms with Crippen LogP contribution in [0.3, 0.4) is 0 Å². The number of nitrogens with one attached hydrogen (secondary N) is 1. The molecular formula is C18H27ClN6O2S. The van der Waals surface area contributed by atoms with Crippen LogP contribution in [0.25, 0.3) is 0 Å². The molecule has 3 amide bonds. The van der Waals surface area contributed by atoms with E-state index in [0.717, 1.165) is 31.7 Å². The lowest BCUT2D eigenvalue weighted by molar-refractivity contribution is -0.127. The lowest BCUT2D eigenvalue weighted by Crippen LogP contribution is -2.56. The Morgan fingerprint density at radius 3 is 2.68 bits per heavy atom. The van der Waals surface area contributed by atoms with Crippen LogP contribution >= 0.6 is 23.4 Å². The molecule has 0 saturated carbocycles. The number of carbonyl (C=O) groups is 2. The van der Waals surface area contributed by atoms with Crippen LogP contribution in [0.5, 0.6) is 0 Å². The maximum atomic E-state index is 12.2. The summed E-state index contributed by atoms with van der Waals surface area (Å²) in [6.45, 7) is 8.19. The van der Waals surface area contributed by atoms with Gasteiger partial charge in [0.2, 0.25) is 5.91 Å². The summed E-state index contributed by atoms with van der Waals surface area (Å²) in [5.74, 6) is 1.18. The van der Waals surface area contributed by atoms with Crippen LogP contribution in [0.2, 0.25) is 5.15 Å². The number of urea groups is 1. The first-order valence-corrected chi connectivity index (χ1v) is 11.1. The van der Waals surface area contributed by atoms with E-state index in [-0.39, 0.29) is 18.0 Å². The van der Waals surface area contributed by atoms with Crippen molar-refractivity contribution in [2.75, 3.05) is 49.9 Å². The van der Waals surface area contributed by atoms with Crippen molar-refractivity contribution in [3.63, 3.8) is 0 Å². The van der Waals surface area contributed by atoms with E-state index in [1.807, 2.05) is 23.6 Å². The molecule has 2 fully saturated rings. The number of amides is 3. The topological polar surface area (TPSA) is 81.7 Å². The number of hydrogen-bond acceptors (Lipinski definition) is 6. The van der Waals surface area contributed by atoms with Crippen molar-refractivity contribution in [1.82, 2.24) is 25.1 Å². The molecule has 154 valence electrons. The third kappa shape index (κ3) is 5.20. The lowest BCUT2D eigenvalue weighted by atomic mass is 10.2. The second kappa shape index (κ2) is 9.65. The Morgan fingerprint density at radius 2 is 2.00 bits per heavy atom. The molecule has 1 aromatic heterocycles. The highest BCUT2D eigenvalue weighted by Crippen LogP contribution is 2.24. The van der Waals surface area contributed by atoms with Crippen LogP contribution in [0.4, 0.5) is 10.6 Å². The van der Waals surface area contributed by atoms with Gasteiger partial charge in [0.05, 0.1) is 5.75 Å². The van der Waals surface area contributed by atoms with E-state index >= 15 is 0 Å². The number of likely N-dealkylation sites (tertiary alicyclic amines) is 1. The molecule has 8 nitrogen and oxygen atoms in total. The zero-order chi connectivity index (χ0) is 20.1. The van der Waals surface area contributed by atoms with Crippen molar-refractivity contribution in [3.05, 3.63) is 11.2 Å². The Morgan fingerprint density at radius 1 is 1.25 bits per heavy atom. The van der Waals surface area contributed by atoms with Gasteiger partial charge in [0.15, 0.2) is 5.16 Å². The normalized spacial score (nSPS) is 19.8. The van der Waals surface area contributed by atoms with Gasteiger partial charge in [-0.1, -0.05) is 23.4 Å². The van der Waals surface area contributed by atoms with Gasteiger partial charge in [-0.05, 0) is 26.7 Å². The van der Waals surface area contributed by atoms with Gasteiger partial charge in [-0.25, -0.2) is 14.8 Å².